The number of hydrogen-bond donors (Lipinski definition) is 0. The van der Waals surface area contributed by atoms with E-state index >= 15 is 0 Å². The van der Waals surface area contributed by atoms with E-state index in [1.165, 1.54) is 5.56 Å². The largest absolute Gasteiger partial charge is 0.368 e. The van der Waals surface area contributed by atoms with Crippen molar-refractivity contribution in [2.75, 3.05) is 55.6 Å². The zero-order valence-electron chi connectivity index (χ0n) is 18.1. The van der Waals surface area contributed by atoms with E-state index in [4.69, 9.17) is 11.6 Å². The summed E-state index contributed by atoms with van der Waals surface area (Å²) < 4.78 is 0. The third kappa shape index (κ3) is 4.79. The van der Waals surface area contributed by atoms with Crippen molar-refractivity contribution in [1.29, 1.82) is 0 Å². The van der Waals surface area contributed by atoms with E-state index < -0.39 is 0 Å². The molecule has 0 aromatic heterocycles. The molecule has 2 saturated heterocycles. The first-order chi connectivity index (χ1) is 14.9. The molecule has 0 unspecified atom stereocenters. The summed E-state index contributed by atoms with van der Waals surface area (Å²) >= 11 is 5.97. The number of halogens is 1. The number of carbonyl (C=O) groups is 2. The van der Waals surface area contributed by atoms with Gasteiger partial charge in [0.2, 0.25) is 5.91 Å². The van der Waals surface area contributed by atoms with Crippen molar-refractivity contribution in [3.63, 3.8) is 0 Å². The lowest BCUT2D eigenvalue weighted by molar-refractivity contribution is -0.131. The molecule has 0 aliphatic carbocycles. The van der Waals surface area contributed by atoms with Gasteiger partial charge in [-0.15, -0.1) is 0 Å². The van der Waals surface area contributed by atoms with E-state index in [1.54, 1.807) is 9.80 Å². The Kier molecular flexibility index (Phi) is 6.37. The second-order valence-corrected chi connectivity index (χ2v) is 8.88. The molecule has 0 spiro atoms. The zero-order chi connectivity index (χ0) is 22.0. The predicted molar refractivity (Wildman–Crippen MR) is 125 cm³/mol. The summed E-state index contributed by atoms with van der Waals surface area (Å²) in [6.45, 7) is 8.48. The number of amides is 3. The molecule has 164 valence electrons. The molecule has 2 heterocycles. The molecule has 2 aromatic carbocycles. The fourth-order valence-electron chi connectivity index (χ4n) is 4.14. The van der Waals surface area contributed by atoms with Crippen molar-refractivity contribution >= 4 is 34.9 Å². The third-order valence-electron chi connectivity index (χ3n) is 6.12. The smallest absolute Gasteiger partial charge is 0.325 e. The Bertz CT molecular complexity index is 922. The minimum atomic E-state index is -0.0922. The van der Waals surface area contributed by atoms with Gasteiger partial charge in [0.15, 0.2) is 0 Å². The van der Waals surface area contributed by atoms with Crippen molar-refractivity contribution in [3.8, 4) is 0 Å². The Morgan fingerprint density at radius 1 is 0.871 bits per heavy atom. The standard InChI is InChI=1S/C24H29ClN4O2/c1-18(2)19-3-7-22(8-4-19)29-16-15-28(24(29)31)17-23(30)27-13-11-26(12-14-27)21-9-5-20(25)6-10-21/h3-10,18H,11-17H2,1-2H3. The third-order valence-corrected chi connectivity index (χ3v) is 6.37. The average Bonchev–Trinajstić information content (AvgIpc) is 3.14. The maximum Gasteiger partial charge on any atom is 0.325 e. The maximum absolute atomic E-state index is 12.9. The van der Waals surface area contributed by atoms with Crippen molar-refractivity contribution in [2.24, 2.45) is 0 Å². The molecule has 2 aliphatic heterocycles. The van der Waals surface area contributed by atoms with Crippen molar-refractivity contribution in [3.05, 3.63) is 59.1 Å². The molecule has 2 fully saturated rings. The van der Waals surface area contributed by atoms with E-state index in [9.17, 15) is 9.59 Å². The number of rotatable bonds is 5. The van der Waals surface area contributed by atoms with Crippen molar-refractivity contribution < 1.29 is 9.59 Å². The summed E-state index contributed by atoms with van der Waals surface area (Å²) in [6, 6.07) is 15.8. The molecular formula is C24H29ClN4O2. The summed E-state index contributed by atoms with van der Waals surface area (Å²) in [5, 5.41) is 0.720. The Labute approximate surface area is 189 Å². The van der Waals surface area contributed by atoms with Gasteiger partial charge in [0.25, 0.3) is 0 Å². The van der Waals surface area contributed by atoms with Gasteiger partial charge in [-0.05, 0) is 47.9 Å². The molecule has 7 heteroatoms. The van der Waals surface area contributed by atoms with Crippen molar-refractivity contribution in [1.82, 2.24) is 9.80 Å². The van der Waals surface area contributed by atoms with Gasteiger partial charge in [0, 0.05) is 55.7 Å². The minimum Gasteiger partial charge on any atom is -0.368 e. The molecule has 2 aromatic rings. The second-order valence-electron chi connectivity index (χ2n) is 8.45. The van der Waals surface area contributed by atoms with Crippen LogP contribution < -0.4 is 9.80 Å². The highest BCUT2D eigenvalue weighted by molar-refractivity contribution is 6.30. The lowest BCUT2D eigenvalue weighted by atomic mass is 10.0. The molecular weight excluding hydrogens is 412 g/mol. The maximum atomic E-state index is 12.9. The lowest BCUT2D eigenvalue weighted by Crippen LogP contribution is -2.51. The molecule has 0 radical (unpaired) electrons. The monoisotopic (exact) mass is 440 g/mol. The van der Waals surface area contributed by atoms with Gasteiger partial charge in [-0.25, -0.2) is 4.79 Å². The normalized spacial score (nSPS) is 17.1. The van der Waals surface area contributed by atoms with Gasteiger partial charge >= 0.3 is 6.03 Å². The Balaban J connectivity index is 1.30. The van der Waals surface area contributed by atoms with Crippen LogP contribution >= 0.6 is 11.6 Å². The van der Waals surface area contributed by atoms with Crippen LogP contribution in [-0.2, 0) is 4.79 Å². The number of hydrogen-bond acceptors (Lipinski definition) is 3. The molecule has 6 nitrogen and oxygen atoms in total. The van der Waals surface area contributed by atoms with Crippen LogP contribution in [0.25, 0.3) is 0 Å². The highest BCUT2D eigenvalue weighted by atomic mass is 35.5. The van der Waals surface area contributed by atoms with Crippen LogP contribution in [0.2, 0.25) is 5.02 Å². The fraction of sp³-hybridized carbons (Fsp3) is 0.417. The number of urea groups is 1. The highest BCUT2D eigenvalue weighted by Gasteiger charge is 2.32. The number of carbonyl (C=O) groups excluding carboxylic acids is 2. The van der Waals surface area contributed by atoms with Gasteiger partial charge in [0.05, 0.1) is 0 Å². The zero-order valence-corrected chi connectivity index (χ0v) is 18.9. The topological polar surface area (TPSA) is 47.1 Å². The summed E-state index contributed by atoms with van der Waals surface area (Å²) in [5.74, 6) is 0.471. The first kappa shape index (κ1) is 21.5. The van der Waals surface area contributed by atoms with Crippen LogP contribution in [-0.4, -0.2) is 67.6 Å². The molecule has 4 rings (SSSR count). The predicted octanol–water partition coefficient (Wildman–Crippen LogP) is 4.05. The van der Waals surface area contributed by atoms with Crippen LogP contribution in [0.5, 0.6) is 0 Å². The number of benzene rings is 2. The summed E-state index contributed by atoms with van der Waals surface area (Å²) in [5.41, 5.74) is 3.26. The second kappa shape index (κ2) is 9.18. The first-order valence-electron chi connectivity index (χ1n) is 10.9. The lowest BCUT2D eigenvalue weighted by Gasteiger charge is -2.36. The van der Waals surface area contributed by atoms with Gasteiger partial charge < -0.3 is 14.7 Å². The van der Waals surface area contributed by atoms with E-state index in [0.717, 1.165) is 29.5 Å². The van der Waals surface area contributed by atoms with Crippen LogP contribution in [0, 0.1) is 0 Å². The Morgan fingerprint density at radius 2 is 1.48 bits per heavy atom. The van der Waals surface area contributed by atoms with Gasteiger partial charge in [-0.1, -0.05) is 37.6 Å². The highest BCUT2D eigenvalue weighted by Crippen LogP contribution is 2.24. The molecule has 0 N–H and O–H groups in total. The number of anilines is 2. The van der Waals surface area contributed by atoms with E-state index in [2.05, 4.69) is 30.9 Å². The number of nitrogens with zero attached hydrogens (tertiary/aromatic N) is 4. The van der Waals surface area contributed by atoms with Crippen LogP contribution in [0.4, 0.5) is 16.2 Å². The summed E-state index contributed by atoms with van der Waals surface area (Å²) in [6.07, 6.45) is 0. The van der Waals surface area contributed by atoms with E-state index in [-0.39, 0.29) is 18.5 Å². The van der Waals surface area contributed by atoms with E-state index in [1.807, 2.05) is 41.3 Å². The van der Waals surface area contributed by atoms with Crippen LogP contribution in [0.15, 0.2) is 48.5 Å². The van der Waals surface area contributed by atoms with Crippen LogP contribution in [0.3, 0.4) is 0 Å². The summed E-state index contributed by atoms with van der Waals surface area (Å²) in [7, 11) is 0. The number of piperazine rings is 1. The first-order valence-corrected chi connectivity index (χ1v) is 11.2. The van der Waals surface area contributed by atoms with Gasteiger partial charge in [0.1, 0.15) is 6.54 Å². The van der Waals surface area contributed by atoms with Crippen molar-refractivity contribution in [2.45, 2.75) is 19.8 Å². The SMILES string of the molecule is CC(C)c1ccc(N2CCN(CC(=O)N3CCN(c4ccc(Cl)cc4)CC3)C2=O)cc1. The minimum absolute atomic E-state index is 0.0149. The molecule has 0 bridgehead atoms. The van der Waals surface area contributed by atoms with Crippen LogP contribution in [0.1, 0.15) is 25.3 Å². The Morgan fingerprint density at radius 3 is 2.10 bits per heavy atom. The molecule has 0 atom stereocenters. The summed E-state index contributed by atoms with van der Waals surface area (Å²) in [4.78, 5) is 33.2. The van der Waals surface area contributed by atoms with E-state index in [0.29, 0.717) is 32.1 Å². The average molecular weight is 441 g/mol. The fourth-order valence-corrected chi connectivity index (χ4v) is 4.26. The molecule has 31 heavy (non-hydrogen) atoms. The molecule has 3 amide bonds. The quantitative estimate of drug-likeness (QED) is 0.704. The van der Waals surface area contributed by atoms with Gasteiger partial charge in [-0.2, -0.15) is 0 Å². The molecule has 0 saturated carbocycles. The Hall–Kier alpha value is -2.73. The molecule has 2 aliphatic rings. The van der Waals surface area contributed by atoms with Gasteiger partial charge in [-0.3, -0.25) is 9.69 Å².